The lowest BCUT2D eigenvalue weighted by Crippen LogP contribution is -2.35. The van der Waals surface area contributed by atoms with E-state index in [0.29, 0.717) is 25.1 Å². The Kier molecular flexibility index (Phi) is 4.34. The summed E-state index contributed by atoms with van der Waals surface area (Å²) in [6, 6.07) is 9.82. The molecule has 1 aliphatic rings. The van der Waals surface area contributed by atoms with Gasteiger partial charge in [-0.3, -0.25) is 9.59 Å². The Balaban J connectivity index is 1.99. The topological polar surface area (TPSA) is 57.6 Å². The molecule has 0 bridgehead atoms. The Morgan fingerprint density at radius 3 is 2.68 bits per heavy atom. The number of carboxylic acid groups (broad SMARTS) is 1. The minimum absolute atomic E-state index is 0.0107. The largest absolute Gasteiger partial charge is 0.481 e. The number of hydrogen-bond donors (Lipinski definition) is 1. The molecule has 0 aromatic heterocycles. The summed E-state index contributed by atoms with van der Waals surface area (Å²) in [6.07, 6.45) is 3.00. The number of hydrogen-bond acceptors (Lipinski definition) is 2. The number of carbonyl (C=O) groups excluding carboxylic acids is 1. The van der Waals surface area contributed by atoms with E-state index in [1.807, 2.05) is 36.4 Å². The normalized spacial score (nSPS) is 15.3. The van der Waals surface area contributed by atoms with E-state index in [0.717, 1.165) is 12.0 Å². The van der Waals surface area contributed by atoms with Crippen LogP contribution in [0.25, 0.3) is 0 Å². The molecule has 19 heavy (non-hydrogen) atoms. The number of carbonyl (C=O) groups is 2. The molecule has 0 radical (unpaired) electrons. The van der Waals surface area contributed by atoms with Crippen LogP contribution >= 0.6 is 0 Å². The highest BCUT2D eigenvalue weighted by atomic mass is 16.4. The average molecular weight is 259 g/mol. The van der Waals surface area contributed by atoms with Gasteiger partial charge in [0.15, 0.2) is 0 Å². The minimum atomic E-state index is -0.867. The van der Waals surface area contributed by atoms with Gasteiger partial charge in [0.25, 0.3) is 0 Å². The van der Waals surface area contributed by atoms with Gasteiger partial charge in [0.05, 0.1) is 0 Å². The summed E-state index contributed by atoms with van der Waals surface area (Å²) < 4.78 is 0. The van der Waals surface area contributed by atoms with Crippen LogP contribution in [-0.4, -0.2) is 28.4 Å². The molecule has 1 amide bonds. The van der Waals surface area contributed by atoms with Crippen LogP contribution in [-0.2, 0) is 16.1 Å². The maximum absolute atomic E-state index is 12.2. The lowest BCUT2D eigenvalue weighted by molar-refractivity contribution is -0.137. The third-order valence-electron chi connectivity index (χ3n) is 3.18. The van der Waals surface area contributed by atoms with Gasteiger partial charge >= 0.3 is 5.97 Å². The lowest BCUT2D eigenvalue weighted by atomic mass is 10.0. The van der Waals surface area contributed by atoms with Crippen LogP contribution < -0.4 is 0 Å². The van der Waals surface area contributed by atoms with Crippen LogP contribution in [0.5, 0.6) is 0 Å². The van der Waals surface area contributed by atoms with Gasteiger partial charge in [0.1, 0.15) is 0 Å². The zero-order valence-corrected chi connectivity index (χ0v) is 10.7. The van der Waals surface area contributed by atoms with Gasteiger partial charge in [0.2, 0.25) is 5.91 Å². The van der Waals surface area contributed by atoms with Gasteiger partial charge in [-0.2, -0.15) is 0 Å². The van der Waals surface area contributed by atoms with Crippen LogP contribution in [0.2, 0.25) is 0 Å². The summed E-state index contributed by atoms with van der Waals surface area (Å²) >= 11 is 0. The smallest absolute Gasteiger partial charge is 0.303 e. The quantitative estimate of drug-likeness (QED) is 0.882. The van der Waals surface area contributed by atoms with Crippen molar-refractivity contribution in [2.24, 2.45) is 0 Å². The Morgan fingerprint density at radius 1 is 1.26 bits per heavy atom. The van der Waals surface area contributed by atoms with Gasteiger partial charge < -0.3 is 10.0 Å². The first-order valence-electron chi connectivity index (χ1n) is 6.41. The first-order chi connectivity index (χ1) is 9.16. The predicted molar refractivity (Wildman–Crippen MR) is 71.4 cm³/mol. The molecule has 4 heteroatoms. The molecular formula is C15H17NO3. The molecule has 0 aliphatic carbocycles. The fourth-order valence-electron chi connectivity index (χ4n) is 2.19. The summed E-state index contributed by atoms with van der Waals surface area (Å²) in [7, 11) is 0. The number of nitrogens with zero attached hydrogens (tertiary/aromatic N) is 1. The second-order valence-electron chi connectivity index (χ2n) is 4.62. The van der Waals surface area contributed by atoms with E-state index in [-0.39, 0.29) is 12.3 Å². The number of carboxylic acids is 1. The van der Waals surface area contributed by atoms with Gasteiger partial charge in [0, 0.05) is 25.1 Å². The summed E-state index contributed by atoms with van der Waals surface area (Å²) in [5.41, 5.74) is 1.72. The molecule has 1 aliphatic heterocycles. The van der Waals surface area contributed by atoms with Crippen molar-refractivity contribution in [2.45, 2.75) is 25.8 Å². The molecule has 2 rings (SSSR count). The van der Waals surface area contributed by atoms with Crippen molar-refractivity contribution in [1.82, 2.24) is 4.90 Å². The van der Waals surface area contributed by atoms with Gasteiger partial charge in [-0.1, -0.05) is 36.4 Å². The summed E-state index contributed by atoms with van der Waals surface area (Å²) in [6.45, 7) is 1.29. The first kappa shape index (κ1) is 13.3. The second kappa shape index (κ2) is 6.18. The molecule has 100 valence electrons. The molecule has 0 atom stereocenters. The number of rotatable bonds is 5. The molecule has 4 nitrogen and oxygen atoms in total. The summed E-state index contributed by atoms with van der Waals surface area (Å²) in [5.74, 6) is -0.898. The Morgan fingerprint density at radius 2 is 2.00 bits per heavy atom. The zero-order valence-electron chi connectivity index (χ0n) is 10.7. The fourth-order valence-corrected chi connectivity index (χ4v) is 2.19. The van der Waals surface area contributed by atoms with E-state index in [9.17, 15) is 9.59 Å². The van der Waals surface area contributed by atoms with Crippen molar-refractivity contribution < 1.29 is 14.7 Å². The average Bonchev–Trinajstić information content (AvgIpc) is 2.41. The number of amides is 1. The number of benzene rings is 1. The van der Waals surface area contributed by atoms with Crippen LogP contribution in [0.1, 0.15) is 24.8 Å². The molecule has 0 spiro atoms. The molecule has 0 saturated heterocycles. The van der Waals surface area contributed by atoms with Crippen LogP contribution in [0.15, 0.2) is 42.0 Å². The van der Waals surface area contributed by atoms with E-state index in [4.69, 9.17) is 5.11 Å². The zero-order chi connectivity index (χ0) is 13.7. The minimum Gasteiger partial charge on any atom is -0.481 e. The van der Waals surface area contributed by atoms with Gasteiger partial charge in [-0.05, 0) is 18.4 Å². The fraction of sp³-hybridized carbons (Fsp3) is 0.333. The molecule has 1 N–H and O–H groups in total. The van der Waals surface area contributed by atoms with Gasteiger partial charge in [-0.25, -0.2) is 0 Å². The molecule has 1 heterocycles. The van der Waals surface area contributed by atoms with Crippen LogP contribution in [0, 0.1) is 0 Å². The summed E-state index contributed by atoms with van der Waals surface area (Å²) in [4.78, 5) is 24.6. The monoisotopic (exact) mass is 259 g/mol. The first-order valence-corrected chi connectivity index (χ1v) is 6.41. The summed E-state index contributed by atoms with van der Waals surface area (Å²) in [5, 5.41) is 8.68. The predicted octanol–water partition coefficient (Wildman–Crippen LogP) is 2.21. The molecular weight excluding hydrogens is 242 g/mol. The maximum Gasteiger partial charge on any atom is 0.303 e. The van der Waals surface area contributed by atoms with Crippen LogP contribution in [0.4, 0.5) is 0 Å². The standard InChI is InChI=1S/C15H17NO3/c17-14(18)9-8-13-7-4-10-16(15(13)19)11-12-5-2-1-3-6-12/h1-3,5-7H,4,8-11H2,(H,17,18). The molecule has 0 unspecified atom stereocenters. The van der Waals surface area contributed by atoms with Crippen LogP contribution in [0.3, 0.4) is 0 Å². The Bertz CT molecular complexity index is 493. The maximum atomic E-state index is 12.2. The van der Waals surface area contributed by atoms with Crippen molar-refractivity contribution in [3.8, 4) is 0 Å². The highest BCUT2D eigenvalue weighted by Crippen LogP contribution is 2.18. The molecule has 0 saturated carbocycles. The van der Waals surface area contributed by atoms with Crippen molar-refractivity contribution in [3.05, 3.63) is 47.5 Å². The third-order valence-corrected chi connectivity index (χ3v) is 3.18. The molecule has 0 fully saturated rings. The molecule has 1 aromatic rings. The SMILES string of the molecule is O=C(O)CCC1=CCCN(Cc2ccccc2)C1=O. The highest BCUT2D eigenvalue weighted by molar-refractivity contribution is 5.94. The Labute approximate surface area is 112 Å². The van der Waals surface area contributed by atoms with E-state index >= 15 is 0 Å². The lowest BCUT2D eigenvalue weighted by Gasteiger charge is -2.27. The highest BCUT2D eigenvalue weighted by Gasteiger charge is 2.22. The van der Waals surface area contributed by atoms with Crippen molar-refractivity contribution in [2.75, 3.05) is 6.54 Å². The van der Waals surface area contributed by atoms with Crippen molar-refractivity contribution in [1.29, 1.82) is 0 Å². The van der Waals surface area contributed by atoms with Gasteiger partial charge in [-0.15, -0.1) is 0 Å². The second-order valence-corrected chi connectivity index (χ2v) is 4.62. The van der Waals surface area contributed by atoms with E-state index in [1.54, 1.807) is 4.90 Å². The van der Waals surface area contributed by atoms with E-state index in [1.165, 1.54) is 0 Å². The number of aliphatic carboxylic acids is 1. The van der Waals surface area contributed by atoms with Crippen molar-refractivity contribution in [3.63, 3.8) is 0 Å². The third kappa shape index (κ3) is 3.68. The molecule has 1 aromatic carbocycles. The van der Waals surface area contributed by atoms with E-state index < -0.39 is 5.97 Å². The van der Waals surface area contributed by atoms with Crippen molar-refractivity contribution >= 4 is 11.9 Å². The Hall–Kier alpha value is -2.10. The van der Waals surface area contributed by atoms with E-state index in [2.05, 4.69) is 0 Å².